The van der Waals surface area contributed by atoms with Crippen LogP contribution in [-0.4, -0.2) is 49.2 Å². The summed E-state index contributed by atoms with van der Waals surface area (Å²) in [5.41, 5.74) is 0. The molecule has 0 radical (unpaired) electrons. The van der Waals surface area contributed by atoms with Gasteiger partial charge in [-0.15, -0.1) is 12.4 Å². The van der Waals surface area contributed by atoms with E-state index in [4.69, 9.17) is 4.74 Å². The van der Waals surface area contributed by atoms with Crippen LogP contribution >= 0.6 is 12.4 Å². The molecule has 2 saturated heterocycles. The molecule has 2 aliphatic rings. The molecular weight excluding hydrogens is 252 g/mol. The molecule has 106 valence electrons. The lowest BCUT2D eigenvalue weighted by molar-refractivity contribution is -0.138. The van der Waals surface area contributed by atoms with Crippen LogP contribution in [0.25, 0.3) is 0 Å². The number of halogens is 1. The molecule has 4 nitrogen and oxygen atoms in total. The van der Waals surface area contributed by atoms with Crippen molar-refractivity contribution in [2.45, 2.75) is 51.1 Å². The Morgan fingerprint density at radius 1 is 1.33 bits per heavy atom. The van der Waals surface area contributed by atoms with Gasteiger partial charge in [0, 0.05) is 25.2 Å². The van der Waals surface area contributed by atoms with Crippen LogP contribution in [0, 0.1) is 0 Å². The van der Waals surface area contributed by atoms with Gasteiger partial charge in [-0.2, -0.15) is 0 Å². The van der Waals surface area contributed by atoms with Crippen molar-refractivity contribution < 1.29 is 9.53 Å². The first kappa shape index (κ1) is 15.7. The van der Waals surface area contributed by atoms with Gasteiger partial charge in [0.15, 0.2) is 0 Å². The number of ether oxygens (including phenoxy) is 1. The fourth-order valence-corrected chi connectivity index (χ4v) is 2.87. The molecule has 2 bridgehead atoms. The minimum absolute atomic E-state index is 0. The van der Waals surface area contributed by atoms with Gasteiger partial charge in [-0.1, -0.05) is 13.3 Å². The first-order valence-corrected chi connectivity index (χ1v) is 6.92. The molecule has 0 aromatic carbocycles. The Bertz CT molecular complexity index is 249. The van der Waals surface area contributed by atoms with Crippen LogP contribution in [0.3, 0.4) is 0 Å². The quantitative estimate of drug-likeness (QED) is 0.775. The summed E-state index contributed by atoms with van der Waals surface area (Å²) in [6.45, 7) is 5.11. The normalized spacial score (nSPS) is 26.6. The lowest BCUT2D eigenvalue weighted by Gasteiger charge is -2.27. The standard InChI is InChI=1S/C13H24N2O2.ClH/c1-2-3-8-17-10-13(16)15-11-4-5-12(15)9-14-7-6-11;/h11-12,14H,2-10H2,1H3;1H. The lowest BCUT2D eigenvalue weighted by atomic mass is 10.1. The average molecular weight is 277 g/mol. The molecule has 0 aliphatic carbocycles. The average Bonchev–Trinajstić information content (AvgIpc) is 2.58. The van der Waals surface area contributed by atoms with E-state index in [0.717, 1.165) is 38.8 Å². The number of amides is 1. The highest BCUT2D eigenvalue weighted by Gasteiger charge is 2.37. The van der Waals surface area contributed by atoms with E-state index < -0.39 is 0 Å². The smallest absolute Gasteiger partial charge is 0.249 e. The van der Waals surface area contributed by atoms with E-state index >= 15 is 0 Å². The van der Waals surface area contributed by atoms with Crippen LogP contribution in [-0.2, 0) is 9.53 Å². The summed E-state index contributed by atoms with van der Waals surface area (Å²) in [7, 11) is 0. The third-order valence-corrected chi connectivity index (χ3v) is 3.81. The Labute approximate surface area is 116 Å². The highest BCUT2D eigenvalue weighted by molar-refractivity contribution is 5.85. The number of carbonyl (C=O) groups is 1. The van der Waals surface area contributed by atoms with Crippen molar-refractivity contribution >= 4 is 18.3 Å². The zero-order valence-corrected chi connectivity index (χ0v) is 12.0. The minimum Gasteiger partial charge on any atom is -0.372 e. The summed E-state index contributed by atoms with van der Waals surface area (Å²) in [5.74, 6) is 0.192. The van der Waals surface area contributed by atoms with E-state index in [1.54, 1.807) is 0 Å². The number of carbonyl (C=O) groups excluding carboxylic acids is 1. The van der Waals surface area contributed by atoms with E-state index in [0.29, 0.717) is 18.7 Å². The molecule has 1 amide bonds. The highest BCUT2D eigenvalue weighted by Crippen LogP contribution is 2.27. The van der Waals surface area contributed by atoms with E-state index in [1.165, 1.54) is 6.42 Å². The zero-order valence-electron chi connectivity index (χ0n) is 11.2. The molecule has 2 heterocycles. The molecule has 2 atom stereocenters. The third-order valence-electron chi connectivity index (χ3n) is 3.81. The van der Waals surface area contributed by atoms with Gasteiger partial charge in [0.1, 0.15) is 6.61 Å². The number of nitrogens with one attached hydrogen (secondary N) is 1. The molecule has 5 heteroatoms. The van der Waals surface area contributed by atoms with Crippen LogP contribution in [0.2, 0.25) is 0 Å². The van der Waals surface area contributed by atoms with Gasteiger partial charge in [0.2, 0.25) is 5.91 Å². The van der Waals surface area contributed by atoms with Crippen molar-refractivity contribution in [2.24, 2.45) is 0 Å². The molecule has 2 rings (SSSR count). The fourth-order valence-electron chi connectivity index (χ4n) is 2.87. The molecule has 2 unspecified atom stereocenters. The molecule has 0 aromatic heterocycles. The van der Waals surface area contributed by atoms with Crippen molar-refractivity contribution in [3.05, 3.63) is 0 Å². The molecule has 2 fully saturated rings. The molecule has 0 spiro atoms. The molecule has 0 aromatic rings. The summed E-state index contributed by atoms with van der Waals surface area (Å²) in [6, 6.07) is 0.863. The number of unbranched alkanes of at least 4 members (excludes halogenated alkanes) is 1. The number of nitrogens with zero attached hydrogens (tertiary/aromatic N) is 1. The fraction of sp³-hybridized carbons (Fsp3) is 0.923. The summed E-state index contributed by atoms with van der Waals surface area (Å²) >= 11 is 0. The Morgan fingerprint density at radius 2 is 2.11 bits per heavy atom. The van der Waals surface area contributed by atoms with Crippen molar-refractivity contribution in [3.63, 3.8) is 0 Å². The number of rotatable bonds is 5. The maximum atomic E-state index is 12.1. The van der Waals surface area contributed by atoms with Crippen LogP contribution in [0.4, 0.5) is 0 Å². The second-order valence-corrected chi connectivity index (χ2v) is 5.08. The Morgan fingerprint density at radius 3 is 2.89 bits per heavy atom. The van der Waals surface area contributed by atoms with E-state index in [9.17, 15) is 4.79 Å². The molecular formula is C13H25ClN2O2. The van der Waals surface area contributed by atoms with Crippen molar-refractivity contribution in [3.8, 4) is 0 Å². The Kier molecular flexibility index (Phi) is 6.97. The molecule has 1 N–H and O–H groups in total. The summed E-state index contributed by atoms with van der Waals surface area (Å²) in [5, 5.41) is 3.41. The first-order valence-electron chi connectivity index (χ1n) is 6.92. The second-order valence-electron chi connectivity index (χ2n) is 5.08. The second kappa shape index (κ2) is 7.97. The lowest BCUT2D eigenvalue weighted by Crippen LogP contribution is -2.44. The van der Waals surface area contributed by atoms with Gasteiger partial charge >= 0.3 is 0 Å². The maximum Gasteiger partial charge on any atom is 0.249 e. The number of hydrogen-bond donors (Lipinski definition) is 1. The van der Waals surface area contributed by atoms with Crippen molar-refractivity contribution in [1.82, 2.24) is 10.2 Å². The number of fused-ring (bicyclic) bond motifs is 2. The largest absolute Gasteiger partial charge is 0.372 e. The predicted octanol–water partition coefficient (Wildman–Crippen LogP) is 1.58. The van der Waals surface area contributed by atoms with Crippen LogP contribution in [0.15, 0.2) is 0 Å². The van der Waals surface area contributed by atoms with Crippen LogP contribution < -0.4 is 5.32 Å². The van der Waals surface area contributed by atoms with Gasteiger partial charge < -0.3 is 15.0 Å². The zero-order chi connectivity index (χ0) is 12.1. The topological polar surface area (TPSA) is 41.6 Å². The van der Waals surface area contributed by atoms with Crippen LogP contribution in [0.1, 0.15) is 39.0 Å². The SMILES string of the molecule is CCCCOCC(=O)N1C2CCNCC1CC2.Cl. The Balaban J connectivity index is 0.00000162. The summed E-state index contributed by atoms with van der Waals surface area (Å²) in [4.78, 5) is 14.2. The minimum atomic E-state index is 0. The van der Waals surface area contributed by atoms with Gasteiger partial charge in [-0.25, -0.2) is 0 Å². The molecule has 2 aliphatic heterocycles. The third kappa shape index (κ3) is 3.84. The van der Waals surface area contributed by atoms with Crippen molar-refractivity contribution in [2.75, 3.05) is 26.3 Å². The Hall–Kier alpha value is -0.320. The summed E-state index contributed by atoms with van der Waals surface area (Å²) < 4.78 is 5.44. The summed E-state index contributed by atoms with van der Waals surface area (Å²) in [6.07, 6.45) is 5.58. The molecule has 0 saturated carbocycles. The maximum absolute atomic E-state index is 12.1. The van der Waals surface area contributed by atoms with E-state index in [2.05, 4.69) is 17.1 Å². The van der Waals surface area contributed by atoms with Gasteiger partial charge in [0.05, 0.1) is 0 Å². The van der Waals surface area contributed by atoms with E-state index in [1.807, 2.05) is 0 Å². The predicted molar refractivity (Wildman–Crippen MR) is 74.1 cm³/mol. The van der Waals surface area contributed by atoms with Crippen molar-refractivity contribution in [1.29, 1.82) is 0 Å². The van der Waals surface area contributed by atoms with Crippen LogP contribution in [0.5, 0.6) is 0 Å². The molecule has 18 heavy (non-hydrogen) atoms. The monoisotopic (exact) mass is 276 g/mol. The van der Waals surface area contributed by atoms with Gasteiger partial charge in [-0.3, -0.25) is 4.79 Å². The highest BCUT2D eigenvalue weighted by atomic mass is 35.5. The number of hydrogen-bond acceptors (Lipinski definition) is 3. The van der Waals surface area contributed by atoms with E-state index in [-0.39, 0.29) is 24.9 Å². The van der Waals surface area contributed by atoms with Gasteiger partial charge in [0.25, 0.3) is 0 Å². The first-order chi connectivity index (χ1) is 8.33. The van der Waals surface area contributed by atoms with Gasteiger partial charge in [-0.05, 0) is 32.2 Å².